The monoisotopic (exact) mass is 381 g/mol. The van der Waals surface area contributed by atoms with Crippen LogP contribution in [0, 0.1) is 0 Å². The summed E-state index contributed by atoms with van der Waals surface area (Å²) in [6, 6.07) is 18.2. The van der Waals surface area contributed by atoms with Crippen molar-refractivity contribution in [2.75, 3.05) is 11.0 Å². The van der Waals surface area contributed by atoms with E-state index in [1.807, 2.05) is 18.2 Å². The SMILES string of the molecule is CS(=O)(=O)Nc1cccc(/C=C2\c3ccccc3CCc3sccc32)c1. The molecule has 4 rings (SSSR count). The number of rotatable bonds is 3. The summed E-state index contributed by atoms with van der Waals surface area (Å²) in [4.78, 5) is 1.40. The molecule has 1 aliphatic carbocycles. The summed E-state index contributed by atoms with van der Waals surface area (Å²) in [6.45, 7) is 0. The van der Waals surface area contributed by atoms with Crippen LogP contribution in [0.2, 0.25) is 0 Å². The molecule has 3 aromatic rings. The van der Waals surface area contributed by atoms with Gasteiger partial charge in [-0.25, -0.2) is 8.42 Å². The smallest absolute Gasteiger partial charge is 0.229 e. The van der Waals surface area contributed by atoms with Gasteiger partial charge in [0.15, 0.2) is 0 Å². The van der Waals surface area contributed by atoms with Gasteiger partial charge >= 0.3 is 0 Å². The number of thiophene rings is 1. The molecular formula is C21H19NO2S2. The fourth-order valence-corrected chi connectivity index (χ4v) is 4.85. The predicted octanol–water partition coefficient (Wildman–Crippen LogP) is 4.81. The average Bonchev–Trinajstić information content (AvgIpc) is 3.00. The molecule has 3 nitrogen and oxygen atoms in total. The molecule has 1 aliphatic rings. The van der Waals surface area contributed by atoms with Crippen molar-refractivity contribution in [2.45, 2.75) is 12.8 Å². The molecule has 0 bridgehead atoms. The number of aryl methyl sites for hydroxylation is 2. The lowest BCUT2D eigenvalue weighted by Crippen LogP contribution is -2.09. The third-order valence-electron chi connectivity index (χ3n) is 4.47. The standard InChI is InChI=1S/C21H19NO2S2/c1-26(23,24)22-17-7-4-5-15(13-17)14-20-18-8-3-2-6-16(18)9-10-21-19(20)11-12-25-21/h2-8,11-14,22H,9-10H2,1H3/b20-14+. The zero-order chi connectivity index (χ0) is 18.1. The summed E-state index contributed by atoms with van der Waals surface area (Å²) in [5.74, 6) is 0. The molecule has 1 heterocycles. The van der Waals surface area contributed by atoms with Crippen LogP contribution in [-0.4, -0.2) is 14.7 Å². The Morgan fingerprint density at radius 2 is 1.85 bits per heavy atom. The lowest BCUT2D eigenvalue weighted by atomic mass is 9.94. The zero-order valence-electron chi connectivity index (χ0n) is 14.4. The lowest BCUT2D eigenvalue weighted by molar-refractivity contribution is 0.607. The van der Waals surface area contributed by atoms with Crippen LogP contribution < -0.4 is 4.72 Å². The first kappa shape index (κ1) is 17.1. The number of anilines is 1. The van der Waals surface area contributed by atoms with Crippen LogP contribution in [0.3, 0.4) is 0 Å². The molecule has 2 aromatic carbocycles. The van der Waals surface area contributed by atoms with Gasteiger partial charge in [0.25, 0.3) is 0 Å². The number of benzene rings is 2. The molecule has 5 heteroatoms. The Morgan fingerprint density at radius 3 is 2.69 bits per heavy atom. The summed E-state index contributed by atoms with van der Waals surface area (Å²) < 4.78 is 25.6. The van der Waals surface area contributed by atoms with Gasteiger partial charge in [0.05, 0.1) is 6.26 Å². The van der Waals surface area contributed by atoms with Crippen LogP contribution in [0.15, 0.2) is 60.0 Å². The predicted molar refractivity (Wildman–Crippen MR) is 110 cm³/mol. The molecule has 26 heavy (non-hydrogen) atoms. The Morgan fingerprint density at radius 1 is 1.00 bits per heavy atom. The Bertz CT molecular complexity index is 1090. The number of fused-ring (bicyclic) bond motifs is 2. The van der Waals surface area contributed by atoms with Crippen LogP contribution in [0.4, 0.5) is 5.69 Å². The van der Waals surface area contributed by atoms with Gasteiger partial charge in [-0.3, -0.25) is 4.72 Å². The largest absolute Gasteiger partial charge is 0.284 e. The minimum Gasteiger partial charge on any atom is -0.284 e. The summed E-state index contributed by atoms with van der Waals surface area (Å²) in [6.07, 6.45) is 5.41. The Hall–Kier alpha value is -2.37. The summed E-state index contributed by atoms with van der Waals surface area (Å²) in [7, 11) is -3.29. The van der Waals surface area contributed by atoms with Crippen LogP contribution in [0.5, 0.6) is 0 Å². The maximum absolute atomic E-state index is 11.5. The van der Waals surface area contributed by atoms with Crippen molar-refractivity contribution in [2.24, 2.45) is 0 Å². The molecule has 0 radical (unpaired) electrons. The number of hydrogen-bond donors (Lipinski definition) is 1. The normalized spacial score (nSPS) is 15.2. The van der Waals surface area contributed by atoms with Crippen molar-refractivity contribution in [3.05, 3.63) is 87.1 Å². The van der Waals surface area contributed by atoms with Crippen molar-refractivity contribution in [1.82, 2.24) is 0 Å². The molecule has 0 spiro atoms. The second-order valence-electron chi connectivity index (χ2n) is 6.47. The average molecular weight is 382 g/mol. The minimum atomic E-state index is -3.29. The highest BCUT2D eigenvalue weighted by atomic mass is 32.2. The first-order valence-electron chi connectivity index (χ1n) is 8.44. The molecular weight excluding hydrogens is 362 g/mol. The van der Waals surface area contributed by atoms with Crippen molar-refractivity contribution in [1.29, 1.82) is 0 Å². The first-order chi connectivity index (χ1) is 12.5. The van der Waals surface area contributed by atoms with E-state index < -0.39 is 10.0 Å². The van der Waals surface area contributed by atoms with Gasteiger partial charge in [-0.15, -0.1) is 11.3 Å². The van der Waals surface area contributed by atoms with E-state index in [4.69, 9.17) is 0 Å². The molecule has 0 atom stereocenters. The summed E-state index contributed by atoms with van der Waals surface area (Å²) in [5.41, 5.74) is 6.64. The third-order valence-corrected chi connectivity index (χ3v) is 6.05. The topological polar surface area (TPSA) is 46.2 Å². The van der Waals surface area contributed by atoms with Crippen LogP contribution in [0.1, 0.15) is 27.1 Å². The molecule has 0 aliphatic heterocycles. The molecule has 0 unspecified atom stereocenters. The molecule has 1 N–H and O–H groups in total. The van der Waals surface area contributed by atoms with Crippen molar-refractivity contribution in [3.8, 4) is 0 Å². The van der Waals surface area contributed by atoms with Crippen molar-refractivity contribution >= 4 is 38.7 Å². The Balaban J connectivity index is 1.84. The first-order valence-corrected chi connectivity index (χ1v) is 11.2. The summed E-state index contributed by atoms with van der Waals surface area (Å²) in [5, 5.41) is 2.15. The summed E-state index contributed by atoms with van der Waals surface area (Å²) >= 11 is 1.80. The van der Waals surface area contributed by atoms with E-state index in [1.54, 1.807) is 17.4 Å². The number of sulfonamides is 1. The van der Waals surface area contributed by atoms with E-state index in [-0.39, 0.29) is 0 Å². The van der Waals surface area contributed by atoms with Crippen molar-refractivity contribution < 1.29 is 8.42 Å². The lowest BCUT2D eigenvalue weighted by Gasteiger charge is -2.11. The minimum absolute atomic E-state index is 0.578. The molecule has 1 aromatic heterocycles. The number of hydrogen-bond acceptors (Lipinski definition) is 3. The quantitative estimate of drug-likeness (QED) is 0.708. The Labute approximate surface area is 158 Å². The fraction of sp³-hybridized carbons (Fsp3) is 0.143. The molecule has 0 fully saturated rings. The number of nitrogens with one attached hydrogen (secondary N) is 1. The fourth-order valence-electron chi connectivity index (χ4n) is 3.40. The van der Waals surface area contributed by atoms with Crippen LogP contribution in [-0.2, 0) is 22.9 Å². The molecule has 0 saturated carbocycles. The van der Waals surface area contributed by atoms with Gasteiger partial charge in [-0.2, -0.15) is 0 Å². The van der Waals surface area contributed by atoms with Gasteiger partial charge in [-0.1, -0.05) is 36.4 Å². The van der Waals surface area contributed by atoms with Gasteiger partial charge in [0, 0.05) is 10.6 Å². The third kappa shape index (κ3) is 3.59. The van der Waals surface area contributed by atoms with Crippen LogP contribution >= 0.6 is 11.3 Å². The van der Waals surface area contributed by atoms with E-state index >= 15 is 0 Å². The highest BCUT2D eigenvalue weighted by molar-refractivity contribution is 7.92. The molecule has 132 valence electrons. The van der Waals surface area contributed by atoms with Gasteiger partial charge in [0.1, 0.15) is 0 Å². The van der Waals surface area contributed by atoms with Gasteiger partial charge < -0.3 is 0 Å². The van der Waals surface area contributed by atoms with E-state index in [9.17, 15) is 8.42 Å². The van der Waals surface area contributed by atoms with E-state index in [2.05, 4.69) is 46.5 Å². The molecule has 0 saturated heterocycles. The van der Waals surface area contributed by atoms with E-state index in [1.165, 1.54) is 27.1 Å². The second-order valence-corrected chi connectivity index (χ2v) is 9.22. The Kier molecular flexibility index (Phi) is 4.42. The van der Waals surface area contributed by atoms with Gasteiger partial charge in [0.2, 0.25) is 10.0 Å². The maximum Gasteiger partial charge on any atom is 0.229 e. The van der Waals surface area contributed by atoms with E-state index in [0.717, 1.165) is 24.7 Å². The zero-order valence-corrected chi connectivity index (χ0v) is 16.0. The highest BCUT2D eigenvalue weighted by Crippen LogP contribution is 2.37. The van der Waals surface area contributed by atoms with Crippen LogP contribution in [0.25, 0.3) is 11.6 Å². The maximum atomic E-state index is 11.5. The molecule has 0 amide bonds. The highest BCUT2D eigenvalue weighted by Gasteiger charge is 2.18. The van der Waals surface area contributed by atoms with Crippen molar-refractivity contribution in [3.63, 3.8) is 0 Å². The second kappa shape index (κ2) is 6.74. The van der Waals surface area contributed by atoms with E-state index in [0.29, 0.717) is 5.69 Å². The van der Waals surface area contributed by atoms with Gasteiger partial charge in [-0.05, 0) is 70.3 Å².